The molecule has 3 nitrogen and oxygen atoms in total. The molecule has 0 saturated carbocycles. The average molecular weight is 250 g/mol. The first-order valence-electron chi connectivity index (χ1n) is 6.32. The van der Waals surface area contributed by atoms with Gasteiger partial charge in [0.05, 0.1) is 6.61 Å². The van der Waals surface area contributed by atoms with Gasteiger partial charge in [-0.25, -0.2) is 0 Å². The zero-order chi connectivity index (χ0) is 13.6. The molecule has 1 aromatic rings. The van der Waals surface area contributed by atoms with E-state index in [1.807, 2.05) is 45.0 Å². The molecule has 0 spiro atoms. The van der Waals surface area contributed by atoms with E-state index >= 15 is 0 Å². The van der Waals surface area contributed by atoms with Crippen molar-refractivity contribution in [3.63, 3.8) is 0 Å². The number of Topliss-reactive ketones (excluding diaryl/α,β-unsaturated/α-hetero) is 1. The van der Waals surface area contributed by atoms with Crippen molar-refractivity contribution in [3.05, 3.63) is 24.3 Å². The van der Waals surface area contributed by atoms with E-state index in [9.17, 15) is 4.79 Å². The van der Waals surface area contributed by atoms with Gasteiger partial charge < -0.3 is 9.47 Å². The van der Waals surface area contributed by atoms with Crippen LogP contribution in [0.3, 0.4) is 0 Å². The molecule has 0 amide bonds. The summed E-state index contributed by atoms with van der Waals surface area (Å²) in [6, 6.07) is 7.35. The van der Waals surface area contributed by atoms with Gasteiger partial charge in [-0.3, -0.25) is 4.79 Å². The van der Waals surface area contributed by atoms with Crippen LogP contribution in [-0.2, 0) is 4.79 Å². The monoisotopic (exact) mass is 250 g/mol. The molecule has 1 rings (SSSR count). The topological polar surface area (TPSA) is 35.5 Å². The van der Waals surface area contributed by atoms with Crippen LogP contribution >= 0.6 is 0 Å². The summed E-state index contributed by atoms with van der Waals surface area (Å²) in [4.78, 5) is 11.7. The van der Waals surface area contributed by atoms with Gasteiger partial charge in [0.15, 0.2) is 5.78 Å². The molecular formula is C15H22O3. The molecule has 100 valence electrons. The zero-order valence-electron chi connectivity index (χ0n) is 11.7. The molecule has 0 aliphatic carbocycles. The van der Waals surface area contributed by atoms with E-state index in [1.54, 1.807) is 0 Å². The molecule has 0 aromatic heterocycles. The van der Waals surface area contributed by atoms with Gasteiger partial charge in [0, 0.05) is 5.41 Å². The van der Waals surface area contributed by atoms with Gasteiger partial charge >= 0.3 is 0 Å². The number of hydrogen-bond acceptors (Lipinski definition) is 3. The van der Waals surface area contributed by atoms with Gasteiger partial charge in [-0.1, -0.05) is 27.7 Å². The Bertz CT molecular complexity index is 374. The van der Waals surface area contributed by atoms with E-state index in [0.717, 1.165) is 12.2 Å². The predicted octanol–water partition coefficient (Wildman–Crippen LogP) is 3.47. The molecule has 18 heavy (non-hydrogen) atoms. The van der Waals surface area contributed by atoms with Crippen molar-refractivity contribution >= 4 is 5.78 Å². The van der Waals surface area contributed by atoms with Crippen LogP contribution in [0.25, 0.3) is 0 Å². The van der Waals surface area contributed by atoms with Gasteiger partial charge in [0.25, 0.3) is 0 Å². The summed E-state index contributed by atoms with van der Waals surface area (Å²) >= 11 is 0. The largest absolute Gasteiger partial charge is 0.494 e. The third kappa shape index (κ3) is 4.78. The van der Waals surface area contributed by atoms with Gasteiger partial charge in [0.2, 0.25) is 0 Å². The second-order valence-corrected chi connectivity index (χ2v) is 5.28. The minimum Gasteiger partial charge on any atom is -0.494 e. The second kappa shape index (κ2) is 6.43. The maximum absolute atomic E-state index is 11.7. The lowest BCUT2D eigenvalue weighted by atomic mass is 9.91. The Hall–Kier alpha value is -1.51. The summed E-state index contributed by atoms with van der Waals surface area (Å²) in [5, 5.41) is 0. The van der Waals surface area contributed by atoms with Crippen molar-refractivity contribution in [3.8, 4) is 11.5 Å². The van der Waals surface area contributed by atoms with Crippen LogP contribution in [0.2, 0.25) is 0 Å². The van der Waals surface area contributed by atoms with Crippen LogP contribution in [0.5, 0.6) is 11.5 Å². The molecule has 0 unspecified atom stereocenters. The fraction of sp³-hybridized carbons (Fsp3) is 0.533. The molecule has 0 fully saturated rings. The normalized spacial score (nSPS) is 11.1. The van der Waals surface area contributed by atoms with Crippen molar-refractivity contribution in [2.75, 3.05) is 13.2 Å². The van der Waals surface area contributed by atoms with E-state index in [2.05, 4.69) is 6.92 Å². The summed E-state index contributed by atoms with van der Waals surface area (Å²) in [5.74, 6) is 1.61. The number of ether oxygens (including phenoxy) is 2. The van der Waals surface area contributed by atoms with Crippen molar-refractivity contribution in [1.82, 2.24) is 0 Å². The molecular weight excluding hydrogens is 228 g/mol. The fourth-order valence-electron chi connectivity index (χ4n) is 1.22. The van der Waals surface area contributed by atoms with E-state index in [4.69, 9.17) is 9.47 Å². The molecule has 0 aliphatic heterocycles. The third-order valence-electron chi connectivity index (χ3n) is 2.50. The highest BCUT2D eigenvalue weighted by Crippen LogP contribution is 2.19. The fourth-order valence-corrected chi connectivity index (χ4v) is 1.22. The van der Waals surface area contributed by atoms with Crippen molar-refractivity contribution in [2.45, 2.75) is 34.1 Å². The molecule has 0 bridgehead atoms. The lowest BCUT2D eigenvalue weighted by molar-refractivity contribution is -0.128. The predicted molar refractivity (Wildman–Crippen MR) is 72.2 cm³/mol. The lowest BCUT2D eigenvalue weighted by Crippen LogP contribution is -2.26. The van der Waals surface area contributed by atoms with Gasteiger partial charge in [0.1, 0.15) is 18.1 Å². The first kappa shape index (κ1) is 14.6. The first-order valence-corrected chi connectivity index (χ1v) is 6.32. The average Bonchev–Trinajstić information content (AvgIpc) is 2.33. The molecule has 0 atom stereocenters. The van der Waals surface area contributed by atoms with Gasteiger partial charge in [-0.15, -0.1) is 0 Å². The Labute approximate surface area is 109 Å². The SMILES string of the molecule is CCCOc1ccc(OCC(=O)C(C)(C)C)cc1. The van der Waals surface area contributed by atoms with E-state index in [1.165, 1.54) is 0 Å². The number of carbonyl (C=O) groups excluding carboxylic acids is 1. The van der Waals surface area contributed by atoms with Crippen LogP contribution in [0.4, 0.5) is 0 Å². The Morgan fingerprint density at radius 1 is 1.06 bits per heavy atom. The maximum atomic E-state index is 11.7. The number of hydrogen-bond donors (Lipinski definition) is 0. The van der Waals surface area contributed by atoms with Crippen LogP contribution in [0.1, 0.15) is 34.1 Å². The molecule has 0 radical (unpaired) electrons. The molecule has 3 heteroatoms. The maximum Gasteiger partial charge on any atom is 0.175 e. The van der Waals surface area contributed by atoms with Crippen LogP contribution in [-0.4, -0.2) is 19.0 Å². The highest BCUT2D eigenvalue weighted by Gasteiger charge is 2.21. The smallest absolute Gasteiger partial charge is 0.175 e. The van der Waals surface area contributed by atoms with Crippen LogP contribution in [0.15, 0.2) is 24.3 Å². The number of benzene rings is 1. The van der Waals surface area contributed by atoms with Gasteiger partial charge in [-0.05, 0) is 30.7 Å². The van der Waals surface area contributed by atoms with Gasteiger partial charge in [-0.2, -0.15) is 0 Å². The van der Waals surface area contributed by atoms with E-state index in [0.29, 0.717) is 12.4 Å². The molecule has 1 aromatic carbocycles. The lowest BCUT2D eigenvalue weighted by Gasteiger charge is -2.16. The Morgan fingerprint density at radius 3 is 2.00 bits per heavy atom. The highest BCUT2D eigenvalue weighted by atomic mass is 16.5. The summed E-state index contributed by atoms with van der Waals surface area (Å²) in [5.41, 5.74) is -0.357. The standard InChI is InChI=1S/C15H22O3/c1-5-10-17-12-6-8-13(9-7-12)18-11-14(16)15(2,3)4/h6-9H,5,10-11H2,1-4H3. The zero-order valence-corrected chi connectivity index (χ0v) is 11.7. The minimum atomic E-state index is -0.357. The van der Waals surface area contributed by atoms with Crippen molar-refractivity contribution in [2.24, 2.45) is 5.41 Å². The molecule has 0 heterocycles. The summed E-state index contributed by atoms with van der Waals surface area (Å²) in [6.07, 6.45) is 0.984. The Balaban J connectivity index is 2.46. The van der Waals surface area contributed by atoms with E-state index < -0.39 is 0 Å². The Kier molecular flexibility index (Phi) is 5.20. The van der Waals surface area contributed by atoms with Crippen molar-refractivity contribution < 1.29 is 14.3 Å². The minimum absolute atomic E-state index is 0.0915. The first-order chi connectivity index (χ1) is 8.43. The summed E-state index contributed by atoms with van der Waals surface area (Å²) in [6.45, 7) is 8.55. The van der Waals surface area contributed by atoms with Crippen LogP contribution in [0, 0.1) is 5.41 Å². The van der Waals surface area contributed by atoms with Crippen molar-refractivity contribution in [1.29, 1.82) is 0 Å². The highest BCUT2D eigenvalue weighted by molar-refractivity contribution is 5.85. The Morgan fingerprint density at radius 2 is 1.56 bits per heavy atom. The summed E-state index contributed by atoms with van der Waals surface area (Å²) in [7, 11) is 0. The van der Waals surface area contributed by atoms with Crippen LogP contribution < -0.4 is 9.47 Å². The number of ketones is 1. The second-order valence-electron chi connectivity index (χ2n) is 5.28. The molecule has 0 aliphatic rings. The quantitative estimate of drug-likeness (QED) is 0.775. The molecule has 0 saturated heterocycles. The third-order valence-corrected chi connectivity index (χ3v) is 2.50. The number of carbonyl (C=O) groups is 1. The van der Waals surface area contributed by atoms with E-state index in [-0.39, 0.29) is 17.8 Å². The molecule has 0 N–H and O–H groups in total. The number of rotatable bonds is 6. The summed E-state index contributed by atoms with van der Waals surface area (Å²) < 4.78 is 10.9.